The summed E-state index contributed by atoms with van der Waals surface area (Å²) in [5.74, 6) is -0.149. The molecule has 1 N–H and O–H groups in total. The predicted octanol–water partition coefficient (Wildman–Crippen LogP) is 3.08. The lowest BCUT2D eigenvalue weighted by molar-refractivity contribution is -0.145. The number of anilines is 1. The Kier molecular flexibility index (Phi) is 6.05. The van der Waals surface area contributed by atoms with Crippen molar-refractivity contribution >= 4 is 33.3 Å². The Labute approximate surface area is 145 Å². The summed E-state index contributed by atoms with van der Waals surface area (Å²) in [6, 6.07) is 12.1. The molecule has 0 radical (unpaired) electrons. The Morgan fingerprint density at radius 2 is 1.88 bits per heavy atom. The molecule has 0 aromatic heterocycles. The molecule has 0 saturated heterocycles. The molecule has 0 aliphatic carbocycles. The minimum absolute atomic E-state index is 0.0877. The molecule has 128 valence electrons. The summed E-state index contributed by atoms with van der Waals surface area (Å²) >= 11 is 5.76. The second-order valence-corrected chi connectivity index (χ2v) is 6.80. The first-order valence-corrected chi connectivity index (χ1v) is 8.93. The van der Waals surface area contributed by atoms with Gasteiger partial charge in [-0.15, -0.1) is 0 Å². The zero-order valence-corrected chi connectivity index (χ0v) is 14.4. The zero-order valence-electron chi connectivity index (χ0n) is 12.9. The van der Waals surface area contributed by atoms with E-state index in [-0.39, 0.29) is 18.1 Å². The predicted molar refractivity (Wildman–Crippen MR) is 90.8 cm³/mol. The first-order valence-electron chi connectivity index (χ1n) is 7.07. The third kappa shape index (κ3) is 5.14. The van der Waals surface area contributed by atoms with Gasteiger partial charge in [0.05, 0.1) is 17.2 Å². The van der Waals surface area contributed by atoms with Gasteiger partial charge in [-0.1, -0.05) is 17.7 Å². The number of hydrogen-bond acceptors (Lipinski definition) is 5. The molecule has 2 aromatic carbocycles. The van der Waals surface area contributed by atoms with Crippen LogP contribution in [0.2, 0.25) is 5.02 Å². The largest absolute Gasteiger partial charge is 0.482 e. The quantitative estimate of drug-likeness (QED) is 0.758. The Morgan fingerprint density at radius 3 is 2.54 bits per heavy atom. The number of carbonyl (C=O) groups is 1. The van der Waals surface area contributed by atoms with Gasteiger partial charge in [0.15, 0.2) is 6.61 Å². The lowest BCUT2D eigenvalue weighted by atomic mass is 10.3. The number of sulfonamides is 1. The molecule has 2 aromatic rings. The molecule has 0 spiro atoms. The van der Waals surface area contributed by atoms with Crippen LogP contribution < -0.4 is 9.46 Å². The molecule has 0 unspecified atom stereocenters. The normalized spacial score (nSPS) is 10.9. The topological polar surface area (TPSA) is 81.7 Å². The molecule has 0 amide bonds. The Balaban J connectivity index is 2.08. The van der Waals surface area contributed by atoms with Crippen LogP contribution in [0.3, 0.4) is 0 Å². The maximum absolute atomic E-state index is 12.3. The van der Waals surface area contributed by atoms with Crippen molar-refractivity contribution in [2.45, 2.75) is 11.8 Å². The van der Waals surface area contributed by atoms with Gasteiger partial charge >= 0.3 is 5.97 Å². The number of benzene rings is 2. The van der Waals surface area contributed by atoms with Crippen molar-refractivity contribution in [3.05, 3.63) is 53.6 Å². The highest BCUT2D eigenvalue weighted by Gasteiger charge is 2.14. The van der Waals surface area contributed by atoms with Crippen LogP contribution in [0.5, 0.6) is 5.75 Å². The van der Waals surface area contributed by atoms with Crippen molar-refractivity contribution in [3.63, 3.8) is 0 Å². The van der Waals surface area contributed by atoms with Gasteiger partial charge in [0.25, 0.3) is 10.0 Å². The molecule has 2 rings (SSSR count). The Bertz CT molecular complexity index is 805. The number of halogens is 1. The second-order valence-electron chi connectivity index (χ2n) is 4.68. The molecule has 6 nitrogen and oxygen atoms in total. The van der Waals surface area contributed by atoms with E-state index in [1.807, 2.05) is 0 Å². The average molecular weight is 370 g/mol. The van der Waals surface area contributed by atoms with E-state index < -0.39 is 16.0 Å². The molecule has 0 bridgehead atoms. The molecule has 0 aliphatic rings. The monoisotopic (exact) mass is 369 g/mol. The number of nitrogens with one attached hydrogen (secondary N) is 1. The van der Waals surface area contributed by atoms with Crippen LogP contribution >= 0.6 is 11.6 Å². The summed E-state index contributed by atoms with van der Waals surface area (Å²) in [6.07, 6.45) is 0. The lowest BCUT2D eigenvalue weighted by Crippen LogP contribution is -2.15. The van der Waals surface area contributed by atoms with Crippen LogP contribution in [0.15, 0.2) is 53.4 Å². The van der Waals surface area contributed by atoms with Gasteiger partial charge in [0.2, 0.25) is 0 Å². The van der Waals surface area contributed by atoms with Gasteiger partial charge in [-0.3, -0.25) is 4.72 Å². The fraction of sp³-hybridized carbons (Fsp3) is 0.188. The Morgan fingerprint density at radius 1 is 1.17 bits per heavy atom. The fourth-order valence-corrected chi connectivity index (χ4v) is 3.00. The van der Waals surface area contributed by atoms with Crippen molar-refractivity contribution in [2.75, 3.05) is 17.9 Å². The lowest BCUT2D eigenvalue weighted by Gasteiger charge is -2.10. The third-order valence-electron chi connectivity index (χ3n) is 2.87. The van der Waals surface area contributed by atoms with E-state index in [0.29, 0.717) is 16.5 Å². The van der Waals surface area contributed by atoms with E-state index >= 15 is 0 Å². The molecule has 0 heterocycles. The SMILES string of the molecule is CCOC(=O)COc1cccc(NS(=O)(=O)c2ccc(Cl)cc2)c1. The average Bonchev–Trinajstić information content (AvgIpc) is 2.53. The van der Waals surface area contributed by atoms with Gasteiger partial charge in [0.1, 0.15) is 5.75 Å². The number of ether oxygens (including phenoxy) is 2. The van der Waals surface area contributed by atoms with Gasteiger partial charge < -0.3 is 9.47 Å². The van der Waals surface area contributed by atoms with Crippen LogP contribution in [0.25, 0.3) is 0 Å². The van der Waals surface area contributed by atoms with E-state index in [9.17, 15) is 13.2 Å². The highest BCUT2D eigenvalue weighted by Crippen LogP contribution is 2.21. The summed E-state index contributed by atoms with van der Waals surface area (Å²) in [6.45, 7) is 1.72. The summed E-state index contributed by atoms with van der Waals surface area (Å²) in [5.41, 5.74) is 0.311. The van der Waals surface area contributed by atoms with Gasteiger partial charge in [0, 0.05) is 11.1 Å². The van der Waals surface area contributed by atoms with Crippen LogP contribution in [0, 0.1) is 0 Å². The number of carbonyl (C=O) groups excluding carboxylic acids is 1. The first kappa shape index (κ1) is 18.1. The van der Waals surface area contributed by atoms with Crippen LogP contribution in [0.4, 0.5) is 5.69 Å². The summed E-state index contributed by atoms with van der Waals surface area (Å²) in [4.78, 5) is 11.4. The van der Waals surface area contributed by atoms with Crippen molar-refractivity contribution in [2.24, 2.45) is 0 Å². The minimum atomic E-state index is -3.74. The third-order valence-corrected chi connectivity index (χ3v) is 4.52. The Hall–Kier alpha value is -2.25. The van der Waals surface area contributed by atoms with Crippen molar-refractivity contribution < 1.29 is 22.7 Å². The number of esters is 1. The molecule has 24 heavy (non-hydrogen) atoms. The van der Waals surface area contributed by atoms with E-state index in [1.54, 1.807) is 25.1 Å². The molecular weight excluding hydrogens is 354 g/mol. The highest BCUT2D eigenvalue weighted by atomic mass is 35.5. The van der Waals surface area contributed by atoms with Gasteiger partial charge in [-0.05, 0) is 43.3 Å². The van der Waals surface area contributed by atoms with Crippen LogP contribution in [-0.4, -0.2) is 27.6 Å². The summed E-state index contributed by atoms with van der Waals surface area (Å²) in [7, 11) is -3.74. The molecule has 0 aliphatic heterocycles. The maximum atomic E-state index is 12.3. The van der Waals surface area contributed by atoms with E-state index in [2.05, 4.69) is 4.72 Å². The molecular formula is C16H16ClNO5S. The minimum Gasteiger partial charge on any atom is -0.482 e. The number of hydrogen-bond donors (Lipinski definition) is 1. The van der Waals surface area contributed by atoms with E-state index in [4.69, 9.17) is 21.1 Å². The molecule has 8 heteroatoms. The van der Waals surface area contributed by atoms with E-state index in [1.165, 1.54) is 30.3 Å². The van der Waals surface area contributed by atoms with Gasteiger partial charge in [-0.25, -0.2) is 13.2 Å². The molecule has 0 saturated carbocycles. The standard InChI is InChI=1S/C16H16ClNO5S/c1-2-22-16(19)11-23-14-5-3-4-13(10-14)18-24(20,21)15-8-6-12(17)7-9-15/h3-10,18H,2,11H2,1H3. The molecule has 0 atom stereocenters. The van der Waals surface area contributed by atoms with Crippen LogP contribution in [-0.2, 0) is 19.6 Å². The molecule has 0 fully saturated rings. The number of rotatable bonds is 7. The van der Waals surface area contributed by atoms with Crippen LogP contribution in [0.1, 0.15) is 6.92 Å². The van der Waals surface area contributed by atoms with Crippen molar-refractivity contribution in [3.8, 4) is 5.75 Å². The summed E-state index contributed by atoms with van der Waals surface area (Å²) in [5, 5.41) is 0.448. The first-order chi connectivity index (χ1) is 11.4. The smallest absolute Gasteiger partial charge is 0.344 e. The maximum Gasteiger partial charge on any atom is 0.344 e. The fourth-order valence-electron chi connectivity index (χ4n) is 1.82. The summed E-state index contributed by atoms with van der Waals surface area (Å²) < 4.78 is 37.1. The zero-order chi connectivity index (χ0) is 17.6. The van der Waals surface area contributed by atoms with E-state index in [0.717, 1.165) is 0 Å². The second kappa shape index (κ2) is 8.03. The van der Waals surface area contributed by atoms with Gasteiger partial charge in [-0.2, -0.15) is 0 Å². The van der Waals surface area contributed by atoms with Crippen molar-refractivity contribution in [1.82, 2.24) is 0 Å². The highest BCUT2D eigenvalue weighted by molar-refractivity contribution is 7.92. The van der Waals surface area contributed by atoms with Crippen molar-refractivity contribution in [1.29, 1.82) is 0 Å².